The van der Waals surface area contributed by atoms with Crippen LogP contribution in [0.4, 0.5) is 5.69 Å². The van der Waals surface area contributed by atoms with Gasteiger partial charge in [0.2, 0.25) is 5.91 Å². The first-order valence-electron chi connectivity index (χ1n) is 6.47. The fraction of sp³-hybridized carbons (Fsp3) is 0.0667. The van der Waals surface area contributed by atoms with E-state index in [2.05, 4.69) is 20.3 Å². The summed E-state index contributed by atoms with van der Waals surface area (Å²) < 4.78 is 0. The third-order valence-electron chi connectivity index (χ3n) is 2.88. The average Bonchev–Trinajstić information content (AvgIpc) is 2.55. The number of thioether (sulfide) groups is 1. The Balaban J connectivity index is 1.69. The van der Waals surface area contributed by atoms with Gasteiger partial charge in [-0.05, 0) is 18.2 Å². The Kier molecular flexibility index (Phi) is 4.50. The number of hydrogen-bond acceptors (Lipinski definition) is 5. The van der Waals surface area contributed by atoms with E-state index >= 15 is 0 Å². The van der Waals surface area contributed by atoms with E-state index in [1.165, 1.54) is 18.1 Å². The highest BCUT2D eigenvalue weighted by Gasteiger charge is 2.09. The second kappa shape index (κ2) is 6.72. The number of halogens is 1. The van der Waals surface area contributed by atoms with E-state index in [4.69, 9.17) is 11.6 Å². The van der Waals surface area contributed by atoms with Crippen LogP contribution in [-0.4, -0.2) is 26.6 Å². The van der Waals surface area contributed by atoms with Crippen molar-refractivity contribution in [2.75, 3.05) is 11.1 Å². The van der Waals surface area contributed by atoms with E-state index in [-0.39, 0.29) is 16.8 Å². The summed E-state index contributed by atoms with van der Waals surface area (Å²) in [6.45, 7) is 0. The van der Waals surface area contributed by atoms with Gasteiger partial charge in [-0.15, -0.1) is 0 Å². The number of nitrogens with one attached hydrogen (secondary N) is 1. The third-order valence-corrected chi connectivity index (χ3v) is 4.19. The number of benzene rings is 1. The molecule has 0 saturated heterocycles. The molecule has 3 aromatic rings. The van der Waals surface area contributed by atoms with Crippen LogP contribution in [0.2, 0.25) is 5.15 Å². The zero-order valence-electron chi connectivity index (χ0n) is 11.4. The lowest BCUT2D eigenvalue weighted by Gasteiger charge is -2.07. The number of carbonyl (C=O) groups is 1. The molecule has 2 aromatic heterocycles. The van der Waals surface area contributed by atoms with E-state index in [1.807, 2.05) is 24.3 Å². The lowest BCUT2D eigenvalue weighted by Crippen LogP contribution is -2.14. The van der Waals surface area contributed by atoms with Crippen molar-refractivity contribution >= 4 is 45.9 Å². The van der Waals surface area contributed by atoms with Crippen molar-refractivity contribution in [1.29, 1.82) is 0 Å². The first kappa shape index (κ1) is 14.7. The molecule has 0 aliphatic heterocycles. The topological polar surface area (TPSA) is 67.8 Å². The first-order chi connectivity index (χ1) is 10.7. The summed E-state index contributed by atoms with van der Waals surface area (Å²) >= 11 is 7.27. The van der Waals surface area contributed by atoms with Gasteiger partial charge in [-0.1, -0.05) is 41.6 Å². The van der Waals surface area contributed by atoms with Crippen LogP contribution in [-0.2, 0) is 4.79 Å². The van der Waals surface area contributed by atoms with Gasteiger partial charge in [0.1, 0.15) is 11.4 Å². The number of anilines is 1. The van der Waals surface area contributed by atoms with Gasteiger partial charge in [-0.2, -0.15) is 0 Å². The van der Waals surface area contributed by atoms with Gasteiger partial charge >= 0.3 is 0 Å². The maximum atomic E-state index is 12.0. The number of nitrogens with zero attached hydrogens (tertiary/aromatic N) is 3. The maximum Gasteiger partial charge on any atom is 0.234 e. The summed E-state index contributed by atoms with van der Waals surface area (Å²) in [5.41, 5.74) is 1.36. The molecule has 0 fully saturated rings. The predicted octanol–water partition coefficient (Wildman–Crippen LogP) is 3.41. The molecule has 0 aliphatic rings. The number of para-hydroxylation sites is 1. The predicted molar refractivity (Wildman–Crippen MR) is 88.1 cm³/mol. The lowest BCUT2D eigenvalue weighted by atomic mass is 10.2. The Hall–Kier alpha value is -2.18. The Bertz CT molecular complexity index is 822. The van der Waals surface area contributed by atoms with Crippen LogP contribution in [0.25, 0.3) is 10.9 Å². The van der Waals surface area contributed by atoms with Crippen molar-refractivity contribution in [2.24, 2.45) is 0 Å². The quantitative estimate of drug-likeness (QED) is 0.451. The highest BCUT2D eigenvalue weighted by Crippen LogP contribution is 2.24. The van der Waals surface area contributed by atoms with E-state index in [0.717, 1.165) is 15.9 Å². The van der Waals surface area contributed by atoms with Crippen LogP contribution in [0.3, 0.4) is 0 Å². The summed E-state index contributed by atoms with van der Waals surface area (Å²) in [7, 11) is 0. The molecule has 0 unspecified atom stereocenters. The number of hydrogen-bond donors (Lipinski definition) is 1. The third kappa shape index (κ3) is 3.35. The monoisotopic (exact) mass is 330 g/mol. The molecule has 0 bridgehead atoms. The van der Waals surface area contributed by atoms with E-state index in [0.29, 0.717) is 5.69 Å². The largest absolute Gasteiger partial charge is 0.323 e. The van der Waals surface area contributed by atoms with Crippen molar-refractivity contribution in [3.05, 3.63) is 54.1 Å². The summed E-state index contributed by atoms with van der Waals surface area (Å²) in [5.74, 6) is 0.0641. The number of carbonyl (C=O) groups excluding carboxylic acids is 1. The first-order valence-corrected chi connectivity index (χ1v) is 7.83. The molecule has 0 atom stereocenters. The Morgan fingerprint density at radius 3 is 2.86 bits per heavy atom. The molecule has 22 heavy (non-hydrogen) atoms. The number of pyridine rings is 1. The van der Waals surface area contributed by atoms with Gasteiger partial charge in [-0.25, -0.2) is 15.0 Å². The number of rotatable bonds is 4. The van der Waals surface area contributed by atoms with Crippen LogP contribution in [0.15, 0.2) is 53.9 Å². The van der Waals surface area contributed by atoms with Crippen LogP contribution >= 0.6 is 23.4 Å². The summed E-state index contributed by atoms with van der Waals surface area (Å²) in [4.78, 5) is 24.4. The Morgan fingerprint density at radius 2 is 2.00 bits per heavy atom. The molecule has 7 heteroatoms. The van der Waals surface area contributed by atoms with E-state index < -0.39 is 0 Å². The average molecular weight is 331 g/mol. The van der Waals surface area contributed by atoms with Crippen LogP contribution in [0.1, 0.15) is 0 Å². The van der Waals surface area contributed by atoms with Crippen molar-refractivity contribution in [3.8, 4) is 0 Å². The van der Waals surface area contributed by atoms with Gasteiger partial charge in [-0.3, -0.25) is 4.79 Å². The zero-order valence-corrected chi connectivity index (χ0v) is 12.9. The molecule has 110 valence electrons. The van der Waals surface area contributed by atoms with Gasteiger partial charge in [0.05, 0.1) is 17.0 Å². The molecule has 0 saturated carbocycles. The molecule has 3 rings (SSSR count). The molecule has 1 aromatic carbocycles. The molecule has 0 radical (unpaired) electrons. The zero-order chi connectivity index (χ0) is 15.4. The minimum Gasteiger partial charge on any atom is -0.323 e. The van der Waals surface area contributed by atoms with E-state index in [9.17, 15) is 4.79 Å². The minimum atomic E-state index is -0.164. The molecule has 0 spiro atoms. The molecule has 1 N–H and O–H groups in total. The Labute approximate surface area is 136 Å². The van der Waals surface area contributed by atoms with E-state index in [1.54, 1.807) is 18.3 Å². The standard InChI is InChI=1S/C15H11ClN4OS/c16-14-12(6-3-7-17-14)20-13(21)8-22-15-10-4-1-2-5-11(10)18-9-19-15/h1-7,9H,8H2,(H,20,21). The van der Waals surface area contributed by atoms with Gasteiger partial charge in [0, 0.05) is 11.6 Å². The second-order valence-electron chi connectivity index (χ2n) is 4.37. The fourth-order valence-corrected chi connectivity index (χ4v) is 2.85. The molecule has 5 nitrogen and oxygen atoms in total. The highest BCUT2D eigenvalue weighted by atomic mass is 35.5. The van der Waals surface area contributed by atoms with Crippen LogP contribution in [0, 0.1) is 0 Å². The van der Waals surface area contributed by atoms with Gasteiger partial charge < -0.3 is 5.32 Å². The second-order valence-corrected chi connectivity index (χ2v) is 5.70. The number of amides is 1. The fourth-order valence-electron chi connectivity index (χ4n) is 1.89. The number of fused-ring (bicyclic) bond motifs is 1. The van der Waals surface area contributed by atoms with Gasteiger partial charge in [0.15, 0.2) is 5.15 Å². The lowest BCUT2D eigenvalue weighted by molar-refractivity contribution is -0.113. The molecule has 2 heterocycles. The number of aromatic nitrogens is 3. The highest BCUT2D eigenvalue weighted by molar-refractivity contribution is 8.00. The smallest absolute Gasteiger partial charge is 0.234 e. The van der Waals surface area contributed by atoms with Crippen LogP contribution in [0.5, 0.6) is 0 Å². The molecular weight excluding hydrogens is 320 g/mol. The van der Waals surface area contributed by atoms with Crippen molar-refractivity contribution in [2.45, 2.75) is 5.03 Å². The Morgan fingerprint density at radius 1 is 1.14 bits per heavy atom. The van der Waals surface area contributed by atoms with Crippen molar-refractivity contribution in [3.63, 3.8) is 0 Å². The molecule has 1 amide bonds. The normalized spacial score (nSPS) is 10.6. The van der Waals surface area contributed by atoms with Crippen LogP contribution < -0.4 is 5.32 Å². The summed E-state index contributed by atoms with van der Waals surface area (Å²) in [5, 5.41) is 4.71. The van der Waals surface area contributed by atoms with Gasteiger partial charge in [0.25, 0.3) is 0 Å². The summed E-state index contributed by atoms with van der Waals surface area (Å²) in [6, 6.07) is 11.1. The maximum absolute atomic E-state index is 12.0. The SMILES string of the molecule is O=C(CSc1ncnc2ccccc12)Nc1cccnc1Cl. The van der Waals surface area contributed by atoms with Crippen molar-refractivity contribution < 1.29 is 4.79 Å². The molecule has 0 aliphatic carbocycles. The van der Waals surface area contributed by atoms with Crippen molar-refractivity contribution in [1.82, 2.24) is 15.0 Å². The molecular formula is C15H11ClN4OS. The summed E-state index contributed by atoms with van der Waals surface area (Å²) in [6.07, 6.45) is 3.07. The minimum absolute atomic E-state index is 0.164.